The Morgan fingerprint density at radius 3 is 2.16 bits per heavy atom. The first-order valence-electron chi connectivity index (χ1n) is 10.5. The molecule has 0 bridgehead atoms. The summed E-state index contributed by atoms with van der Waals surface area (Å²) in [4.78, 5) is 35.4. The van der Waals surface area contributed by atoms with E-state index in [9.17, 15) is 14.4 Å². The van der Waals surface area contributed by atoms with E-state index in [4.69, 9.17) is 9.84 Å². The Balaban J connectivity index is 1.52. The summed E-state index contributed by atoms with van der Waals surface area (Å²) in [5.41, 5.74) is 4.52. The first-order chi connectivity index (χ1) is 14.9. The first kappa shape index (κ1) is 22.3. The number of amides is 2. The van der Waals surface area contributed by atoms with Crippen LogP contribution in [0.25, 0.3) is 11.1 Å². The number of hydrogen-bond donors (Lipinski definition) is 3. The van der Waals surface area contributed by atoms with Gasteiger partial charge in [-0.2, -0.15) is 0 Å². The second kappa shape index (κ2) is 10.1. The van der Waals surface area contributed by atoms with Crippen LogP contribution in [0.3, 0.4) is 0 Å². The van der Waals surface area contributed by atoms with E-state index in [1.54, 1.807) is 6.92 Å². The molecule has 3 N–H and O–H groups in total. The molecule has 7 nitrogen and oxygen atoms in total. The summed E-state index contributed by atoms with van der Waals surface area (Å²) in [7, 11) is 0. The number of carbonyl (C=O) groups is 3. The predicted octanol–water partition coefficient (Wildman–Crippen LogP) is 3.53. The number of alkyl carbamates (subject to hydrolysis) is 1. The van der Waals surface area contributed by atoms with Crippen molar-refractivity contribution in [3.8, 4) is 11.1 Å². The number of carboxylic acids is 1. The lowest BCUT2D eigenvalue weighted by atomic mass is 9.98. The molecule has 1 unspecified atom stereocenters. The van der Waals surface area contributed by atoms with E-state index in [0.717, 1.165) is 22.3 Å². The zero-order chi connectivity index (χ0) is 22.4. The van der Waals surface area contributed by atoms with Gasteiger partial charge in [0.1, 0.15) is 12.6 Å². The van der Waals surface area contributed by atoms with Gasteiger partial charge in [0.2, 0.25) is 5.91 Å². The molecule has 0 saturated heterocycles. The third kappa shape index (κ3) is 5.42. The van der Waals surface area contributed by atoms with Crippen molar-refractivity contribution in [3.05, 3.63) is 59.7 Å². The molecule has 0 spiro atoms. The Kier molecular flexibility index (Phi) is 7.28. The van der Waals surface area contributed by atoms with Gasteiger partial charge in [-0.05, 0) is 35.1 Å². The van der Waals surface area contributed by atoms with Gasteiger partial charge < -0.3 is 20.5 Å². The van der Waals surface area contributed by atoms with Crippen LogP contribution in [0.4, 0.5) is 4.79 Å². The monoisotopic (exact) mass is 424 g/mol. The molecule has 2 atom stereocenters. The number of ether oxygens (including phenoxy) is 1. The zero-order valence-corrected chi connectivity index (χ0v) is 17.8. The highest BCUT2D eigenvalue weighted by Crippen LogP contribution is 2.44. The summed E-state index contributed by atoms with van der Waals surface area (Å²) in [6, 6.07) is 15.3. The number of aliphatic carboxylic acids is 1. The Bertz CT molecular complexity index is 913. The van der Waals surface area contributed by atoms with Crippen molar-refractivity contribution in [2.24, 2.45) is 5.92 Å². The molecule has 164 valence electrons. The van der Waals surface area contributed by atoms with Crippen molar-refractivity contribution >= 4 is 18.0 Å². The van der Waals surface area contributed by atoms with Crippen LogP contribution in [0, 0.1) is 5.92 Å². The molecule has 1 aliphatic carbocycles. The van der Waals surface area contributed by atoms with Gasteiger partial charge in [0.25, 0.3) is 0 Å². The maximum Gasteiger partial charge on any atom is 0.407 e. The van der Waals surface area contributed by atoms with Gasteiger partial charge in [-0.1, -0.05) is 61.9 Å². The molecule has 0 aromatic heterocycles. The summed E-state index contributed by atoms with van der Waals surface area (Å²) in [6.45, 7) is 3.86. The molecule has 0 saturated carbocycles. The second-order valence-electron chi connectivity index (χ2n) is 7.81. The topological polar surface area (TPSA) is 105 Å². The van der Waals surface area contributed by atoms with Crippen LogP contribution in [-0.4, -0.2) is 42.3 Å². The van der Waals surface area contributed by atoms with Crippen LogP contribution in [0.1, 0.15) is 43.7 Å². The lowest BCUT2D eigenvalue weighted by Gasteiger charge is -2.18. The maximum atomic E-state index is 12.3. The minimum atomic E-state index is -0.897. The summed E-state index contributed by atoms with van der Waals surface area (Å²) < 4.78 is 5.45. The Morgan fingerprint density at radius 2 is 1.61 bits per heavy atom. The van der Waals surface area contributed by atoms with Crippen LogP contribution in [0.2, 0.25) is 0 Å². The number of rotatable bonds is 9. The minimum absolute atomic E-state index is 0.00896. The van der Waals surface area contributed by atoms with E-state index < -0.39 is 18.1 Å². The molecule has 0 aliphatic heterocycles. The lowest BCUT2D eigenvalue weighted by molar-refractivity contribution is -0.138. The smallest absolute Gasteiger partial charge is 0.407 e. The molecule has 7 heteroatoms. The molecule has 2 amide bonds. The third-order valence-corrected chi connectivity index (χ3v) is 5.68. The van der Waals surface area contributed by atoms with E-state index in [1.807, 2.05) is 43.3 Å². The van der Waals surface area contributed by atoms with Crippen LogP contribution in [0.5, 0.6) is 0 Å². The van der Waals surface area contributed by atoms with E-state index in [1.165, 1.54) is 0 Å². The fraction of sp³-hybridized carbons (Fsp3) is 0.375. The minimum Gasteiger partial charge on any atom is -0.481 e. The predicted molar refractivity (Wildman–Crippen MR) is 117 cm³/mol. The van der Waals surface area contributed by atoms with Gasteiger partial charge in [0.05, 0.1) is 0 Å². The SMILES string of the molecule is CCC(CNC(=O)[C@@H](C)NC(=O)OCC1c2ccccc2-c2ccccc21)CC(=O)O. The highest BCUT2D eigenvalue weighted by molar-refractivity contribution is 5.85. The quantitative estimate of drug-likeness (QED) is 0.571. The van der Waals surface area contributed by atoms with E-state index >= 15 is 0 Å². The fourth-order valence-electron chi connectivity index (χ4n) is 3.89. The third-order valence-electron chi connectivity index (χ3n) is 5.68. The molecule has 0 radical (unpaired) electrons. The van der Waals surface area contributed by atoms with Gasteiger partial charge >= 0.3 is 12.1 Å². The summed E-state index contributed by atoms with van der Waals surface area (Å²) in [5.74, 6) is -1.48. The van der Waals surface area contributed by atoms with E-state index in [2.05, 4.69) is 22.8 Å². The van der Waals surface area contributed by atoms with Crippen molar-refractivity contribution < 1.29 is 24.2 Å². The highest BCUT2D eigenvalue weighted by Gasteiger charge is 2.29. The van der Waals surface area contributed by atoms with Crippen LogP contribution >= 0.6 is 0 Å². The van der Waals surface area contributed by atoms with Gasteiger partial charge in [-0.15, -0.1) is 0 Å². The standard InChI is InChI=1S/C24H28N2O5/c1-3-16(12-22(27)28)13-25-23(29)15(2)26-24(30)31-14-21-19-10-6-4-8-17(19)18-9-5-7-11-20(18)21/h4-11,15-16,21H,3,12-14H2,1-2H3,(H,25,29)(H,26,30)(H,27,28)/t15-,16?/m1/s1. The molecular formula is C24H28N2O5. The Labute approximate surface area is 181 Å². The van der Waals surface area contributed by atoms with Crippen molar-refractivity contribution in [3.63, 3.8) is 0 Å². The van der Waals surface area contributed by atoms with Crippen molar-refractivity contribution in [2.45, 2.75) is 38.6 Å². The number of carboxylic acid groups (broad SMARTS) is 1. The van der Waals surface area contributed by atoms with Crippen molar-refractivity contribution in [1.29, 1.82) is 0 Å². The van der Waals surface area contributed by atoms with Gasteiger partial charge in [0.15, 0.2) is 0 Å². The molecule has 0 heterocycles. The number of carbonyl (C=O) groups excluding carboxylic acids is 2. The lowest BCUT2D eigenvalue weighted by Crippen LogP contribution is -2.46. The normalized spacial score (nSPS) is 14.1. The molecule has 2 aromatic carbocycles. The van der Waals surface area contributed by atoms with Gasteiger partial charge in [0, 0.05) is 18.9 Å². The van der Waals surface area contributed by atoms with Crippen LogP contribution in [0.15, 0.2) is 48.5 Å². The molecule has 1 aliphatic rings. The Morgan fingerprint density at radius 1 is 1.03 bits per heavy atom. The molecule has 0 fully saturated rings. The number of hydrogen-bond acceptors (Lipinski definition) is 4. The second-order valence-corrected chi connectivity index (χ2v) is 7.81. The highest BCUT2D eigenvalue weighted by atomic mass is 16.5. The van der Waals surface area contributed by atoms with E-state index in [0.29, 0.717) is 6.42 Å². The molecule has 3 rings (SSSR count). The molecular weight excluding hydrogens is 396 g/mol. The Hall–Kier alpha value is -3.35. The fourth-order valence-corrected chi connectivity index (χ4v) is 3.89. The van der Waals surface area contributed by atoms with Crippen LogP contribution < -0.4 is 10.6 Å². The van der Waals surface area contributed by atoms with Gasteiger partial charge in [-0.25, -0.2) is 4.79 Å². The first-order valence-corrected chi connectivity index (χ1v) is 10.5. The largest absolute Gasteiger partial charge is 0.481 e. The summed E-state index contributed by atoms with van der Waals surface area (Å²) in [6.07, 6.45) is -0.0340. The van der Waals surface area contributed by atoms with Crippen molar-refractivity contribution in [2.75, 3.05) is 13.2 Å². The molecule has 31 heavy (non-hydrogen) atoms. The molecule has 2 aromatic rings. The number of nitrogens with one attached hydrogen (secondary N) is 2. The van der Waals surface area contributed by atoms with E-state index in [-0.39, 0.29) is 37.3 Å². The average Bonchev–Trinajstić information content (AvgIpc) is 3.08. The van der Waals surface area contributed by atoms with Gasteiger partial charge in [-0.3, -0.25) is 9.59 Å². The summed E-state index contributed by atoms with van der Waals surface area (Å²) in [5, 5.41) is 14.1. The number of fused-ring (bicyclic) bond motifs is 3. The zero-order valence-electron chi connectivity index (χ0n) is 17.8. The maximum absolute atomic E-state index is 12.3. The van der Waals surface area contributed by atoms with Crippen LogP contribution in [-0.2, 0) is 14.3 Å². The average molecular weight is 424 g/mol. The van der Waals surface area contributed by atoms with Crippen molar-refractivity contribution in [1.82, 2.24) is 10.6 Å². The summed E-state index contributed by atoms with van der Waals surface area (Å²) >= 11 is 0. The number of benzene rings is 2.